The summed E-state index contributed by atoms with van der Waals surface area (Å²) in [5.74, 6) is 1.43. The van der Waals surface area contributed by atoms with Crippen molar-refractivity contribution < 1.29 is 0 Å². The number of aromatic nitrogens is 3. The van der Waals surface area contributed by atoms with Gasteiger partial charge in [0.25, 0.3) is 0 Å². The second-order valence-corrected chi connectivity index (χ2v) is 4.48. The Labute approximate surface area is 99.1 Å². The van der Waals surface area contributed by atoms with Crippen LogP contribution in [0.1, 0.15) is 5.82 Å². The third-order valence-electron chi connectivity index (χ3n) is 1.62. The Morgan fingerprint density at radius 2 is 2.33 bits per heavy atom. The normalized spacial score (nSPS) is 10.3. The van der Waals surface area contributed by atoms with Gasteiger partial charge in [0.15, 0.2) is 0 Å². The molecule has 2 aromatic rings. The zero-order chi connectivity index (χ0) is 10.8. The van der Waals surface area contributed by atoms with Crippen molar-refractivity contribution in [2.24, 2.45) is 0 Å². The van der Waals surface area contributed by atoms with Crippen LogP contribution < -0.4 is 11.1 Å². The molecule has 78 valence electrons. The lowest BCUT2D eigenvalue weighted by Crippen LogP contribution is -1.96. The summed E-state index contributed by atoms with van der Waals surface area (Å²) in [6, 6.07) is 1.78. The summed E-state index contributed by atoms with van der Waals surface area (Å²) in [6.07, 6.45) is 1.58. The minimum absolute atomic E-state index is 0.612. The first-order valence-electron chi connectivity index (χ1n) is 4.13. The molecule has 0 aromatic carbocycles. The molecule has 0 bridgehead atoms. The third kappa shape index (κ3) is 2.42. The van der Waals surface area contributed by atoms with Crippen LogP contribution in [-0.2, 0) is 0 Å². The van der Waals surface area contributed by atoms with E-state index < -0.39 is 0 Å². The average molecular weight is 286 g/mol. The Kier molecular flexibility index (Phi) is 2.83. The van der Waals surface area contributed by atoms with Crippen LogP contribution in [0.5, 0.6) is 0 Å². The molecule has 0 aliphatic rings. The average Bonchev–Trinajstić information content (AvgIpc) is 2.56. The molecule has 0 aliphatic heterocycles. The van der Waals surface area contributed by atoms with Gasteiger partial charge in [-0.15, -0.1) is 0 Å². The molecule has 0 amide bonds. The lowest BCUT2D eigenvalue weighted by molar-refractivity contribution is 1.16. The van der Waals surface area contributed by atoms with E-state index in [0.717, 1.165) is 10.3 Å². The smallest absolute Gasteiger partial charge is 0.208 e. The van der Waals surface area contributed by atoms with E-state index in [1.807, 2.05) is 6.92 Å². The fourth-order valence-corrected chi connectivity index (χ4v) is 2.03. The van der Waals surface area contributed by atoms with Crippen molar-refractivity contribution in [1.29, 1.82) is 0 Å². The van der Waals surface area contributed by atoms with E-state index in [2.05, 4.69) is 35.6 Å². The SMILES string of the molecule is Cc1nsc(Nc2ncc(N)cc2Br)n1. The molecule has 15 heavy (non-hydrogen) atoms. The van der Waals surface area contributed by atoms with Crippen LogP contribution in [0, 0.1) is 6.92 Å². The van der Waals surface area contributed by atoms with Gasteiger partial charge in [0.1, 0.15) is 11.6 Å². The van der Waals surface area contributed by atoms with Crippen molar-refractivity contribution in [2.45, 2.75) is 6.92 Å². The molecule has 0 spiro atoms. The minimum atomic E-state index is 0.612. The van der Waals surface area contributed by atoms with Crippen LogP contribution in [0.15, 0.2) is 16.7 Å². The van der Waals surface area contributed by atoms with Gasteiger partial charge in [-0.05, 0) is 28.9 Å². The fourth-order valence-electron chi connectivity index (χ4n) is 0.994. The second kappa shape index (κ2) is 4.11. The molecule has 0 saturated carbocycles. The lowest BCUT2D eigenvalue weighted by atomic mass is 10.4. The Morgan fingerprint density at radius 3 is 2.93 bits per heavy atom. The van der Waals surface area contributed by atoms with Crippen molar-refractivity contribution in [3.63, 3.8) is 0 Å². The number of anilines is 3. The Balaban J connectivity index is 2.24. The number of nitrogens with zero attached hydrogens (tertiary/aromatic N) is 3. The molecular weight excluding hydrogens is 278 g/mol. The molecule has 7 heteroatoms. The van der Waals surface area contributed by atoms with E-state index in [-0.39, 0.29) is 0 Å². The maximum absolute atomic E-state index is 5.58. The number of nitrogen functional groups attached to an aromatic ring is 1. The highest BCUT2D eigenvalue weighted by Gasteiger charge is 2.05. The van der Waals surface area contributed by atoms with Crippen molar-refractivity contribution in [1.82, 2.24) is 14.3 Å². The molecular formula is C8H8BrN5S. The van der Waals surface area contributed by atoms with Crippen molar-refractivity contribution >= 4 is 44.1 Å². The minimum Gasteiger partial charge on any atom is -0.397 e. The van der Waals surface area contributed by atoms with E-state index in [1.54, 1.807) is 12.3 Å². The second-order valence-electron chi connectivity index (χ2n) is 2.87. The molecule has 2 aromatic heterocycles. The van der Waals surface area contributed by atoms with Crippen LogP contribution in [0.3, 0.4) is 0 Å². The predicted octanol–water partition coefficient (Wildman–Crippen LogP) is 2.33. The highest BCUT2D eigenvalue weighted by atomic mass is 79.9. The summed E-state index contributed by atoms with van der Waals surface area (Å²) in [6.45, 7) is 1.84. The predicted molar refractivity (Wildman–Crippen MR) is 64.3 cm³/mol. The number of pyridine rings is 1. The van der Waals surface area contributed by atoms with Crippen molar-refractivity contribution in [3.8, 4) is 0 Å². The first-order valence-corrected chi connectivity index (χ1v) is 5.70. The van der Waals surface area contributed by atoms with Gasteiger partial charge in [-0.3, -0.25) is 0 Å². The van der Waals surface area contributed by atoms with Crippen LogP contribution in [-0.4, -0.2) is 14.3 Å². The molecule has 0 unspecified atom stereocenters. The zero-order valence-electron chi connectivity index (χ0n) is 7.86. The standard InChI is InChI=1S/C8H8BrN5S/c1-4-12-8(15-14-4)13-7-6(9)2-5(10)3-11-7/h2-3H,10H2,1H3,(H,11,12,13,14). The van der Waals surface area contributed by atoms with Crippen molar-refractivity contribution in [3.05, 3.63) is 22.6 Å². The number of rotatable bonds is 2. The van der Waals surface area contributed by atoms with Crippen molar-refractivity contribution in [2.75, 3.05) is 11.1 Å². The molecule has 5 nitrogen and oxygen atoms in total. The zero-order valence-corrected chi connectivity index (χ0v) is 10.3. The van der Waals surface area contributed by atoms with Crippen LogP contribution in [0.25, 0.3) is 0 Å². The summed E-state index contributed by atoms with van der Waals surface area (Å²) in [5.41, 5.74) is 6.19. The van der Waals surface area contributed by atoms with Crippen LogP contribution in [0.2, 0.25) is 0 Å². The van der Waals surface area contributed by atoms with E-state index in [4.69, 9.17) is 5.73 Å². The number of nitrogens with one attached hydrogen (secondary N) is 1. The quantitative estimate of drug-likeness (QED) is 0.886. The number of aryl methyl sites for hydroxylation is 1. The molecule has 0 atom stereocenters. The highest BCUT2D eigenvalue weighted by molar-refractivity contribution is 9.10. The van der Waals surface area contributed by atoms with Gasteiger partial charge in [-0.25, -0.2) is 9.97 Å². The molecule has 2 heterocycles. The summed E-state index contributed by atoms with van der Waals surface area (Å²) < 4.78 is 4.86. The molecule has 0 aliphatic carbocycles. The molecule has 0 saturated heterocycles. The Bertz CT molecular complexity index is 484. The molecule has 0 radical (unpaired) electrons. The van der Waals surface area contributed by atoms with Gasteiger partial charge in [-0.2, -0.15) is 4.37 Å². The maximum Gasteiger partial charge on any atom is 0.208 e. The fraction of sp³-hybridized carbons (Fsp3) is 0.125. The van der Waals surface area contributed by atoms with E-state index >= 15 is 0 Å². The van der Waals surface area contributed by atoms with E-state index in [9.17, 15) is 0 Å². The molecule has 2 rings (SSSR count). The first kappa shape index (κ1) is 10.3. The maximum atomic E-state index is 5.58. The molecule has 3 N–H and O–H groups in total. The van der Waals surface area contributed by atoms with Gasteiger partial charge in [0, 0.05) is 11.5 Å². The van der Waals surface area contributed by atoms with Gasteiger partial charge < -0.3 is 11.1 Å². The highest BCUT2D eigenvalue weighted by Crippen LogP contribution is 2.25. The third-order valence-corrected chi connectivity index (χ3v) is 2.94. The van der Waals surface area contributed by atoms with Gasteiger partial charge in [-0.1, -0.05) is 0 Å². The van der Waals surface area contributed by atoms with Gasteiger partial charge in [0.2, 0.25) is 5.13 Å². The number of halogens is 1. The number of hydrogen-bond acceptors (Lipinski definition) is 6. The Morgan fingerprint density at radius 1 is 1.53 bits per heavy atom. The summed E-state index contributed by atoms with van der Waals surface area (Å²) in [5, 5.41) is 3.76. The van der Waals surface area contributed by atoms with Gasteiger partial charge in [0.05, 0.1) is 16.4 Å². The van der Waals surface area contributed by atoms with Crippen LogP contribution in [0.4, 0.5) is 16.6 Å². The van der Waals surface area contributed by atoms with E-state index in [1.165, 1.54) is 11.5 Å². The number of nitrogens with two attached hydrogens (primary N) is 1. The summed E-state index contributed by atoms with van der Waals surface area (Å²) in [4.78, 5) is 8.31. The summed E-state index contributed by atoms with van der Waals surface area (Å²) >= 11 is 4.66. The van der Waals surface area contributed by atoms with Crippen LogP contribution >= 0.6 is 27.5 Å². The topological polar surface area (TPSA) is 76.7 Å². The monoisotopic (exact) mass is 285 g/mol. The van der Waals surface area contributed by atoms with Gasteiger partial charge >= 0.3 is 0 Å². The first-order chi connectivity index (χ1) is 7.15. The molecule has 0 fully saturated rings. The summed E-state index contributed by atoms with van der Waals surface area (Å²) in [7, 11) is 0. The number of hydrogen-bond donors (Lipinski definition) is 2. The van der Waals surface area contributed by atoms with E-state index in [0.29, 0.717) is 16.6 Å². The Hall–Kier alpha value is -1.21. The lowest BCUT2D eigenvalue weighted by Gasteiger charge is -2.03. The largest absolute Gasteiger partial charge is 0.397 e.